The topological polar surface area (TPSA) is 38.0 Å². The summed E-state index contributed by atoms with van der Waals surface area (Å²) >= 11 is 0. The Morgan fingerprint density at radius 3 is 2.10 bits per heavy atom. The lowest BCUT2D eigenvalue weighted by molar-refractivity contribution is 0.474. The number of phenolic OH excluding ortho intramolecular Hbond substituents is 1. The number of phenols is 1. The molecule has 1 aromatic heterocycles. The maximum absolute atomic E-state index is 9.69. The first kappa shape index (κ1) is 14.6. The van der Waals surface area contributed by atoms with Gasteiger partial charge >= 0.3 is 0 Å². The Labute approximate surface area is 121 Å². The molecule has 1 N–H and O–H groups in total. The van der Waals surface area contributed by atoms with Crippen molar-refractivity contribution < 1.29 is 5.11 Å². The number of hydrogen-bond acceptors (Lipinski definition) is 2. The van der Waals surface area contributed by atoms with E-state index < -0.39 is 0 Å². The quantitative estimate of drug-likeness (QED) is 0.846. The summed E-state index contributed by atoms with van der Waals surface area (Å²) in [6.07, 6.45) is 0. The monoisotopic (exact) mass is 272 g/mol. The molecule has 1 heterocycles. The predicted molar refractivity (Wildman–Crippen MR) is 82.6 cm³/mol. The van der Waals surface area contributed by atoms with Gasteiger partial charge in [0, 0.05) is 22.6 Å². The number of hydrogen-bond donors (Lipinski definition) is 1. The summed E-state index contributed by atoms with van der Waals surface area (Å²) in [5.41, 5.74) is 3.09. The van der Waals surface area contributed by atoms with E-state index in [0.29, 0.717) is 0 Å². The van der Waals surface area contributed by atoms with E-state index in [2.05, 4.69) is 47.6 Å². The van der Waals surface area contributed by atoms with Gasteiger partial charge in [-0.1, -0.05) is 47.6 Å². The van der Waals surface area contributed by atoms with Crippen LogP contribution >= 0.6 is 0 Å². The van der Waals surface area contributed by atoms with Gasteiger partial charge in [0.05, 0.1) is 11.4 Å². The molecule has 0 spiro atoms. The lowest BCUT2D eigenvalue weighted by Gasteiger charge is -2.20. The minimum Gasteiger partial charge on any atom is -0.508 e. The minimum atomic E-state index is -0.0119. The number of aromatic hydroxyl groups is 1. The highest BCUT2D eigenvalue weighted by molar-refractivity contribution is 5.41. The van der Waals surface area contributed by atoms with E-state index >= 15 is 0 Å². The average molecular weight is 272 g/mol. The maximum atomic E-state index is 9.69. The third-order valence-electron chi connectivity index (χ3n) is 3.32. The molecule has 0 aliphatic heterocycles. The van der Waals surface area contributed by atoms with Gasteiger partial charge in [-0.25, -0.2) is 4.68 Å². The first-order valence-corrected chi connectivity index (χ1v) is 6.99. The molecule has 1 aromatic carbocycles. The van der Waals surface area contributed by atoms with Gasteiger partial charge in [0.1, 0.15) is 5.75 Å². The van der Waals surface area contributed by atoms with Gasteiger partial charge in [-0.05, 0) is 18.2 Å². The molecule has 0 bridgehead atoms. The van der Waals surface area contributed by atoms with E-state index in [1.807, 2.05) is 16.8 Å². The summed E-state index contributed by atoms with van der Waals surface area (Å²) in [7, 11) is 0. The third kappa shape index (κ3) is 2.87. The van der Waals surface area contributed by atoms with Crippen molar-refractivity contribution in [1.29, 1.82) is 0 Å². The highest BCUT2D eigenvalue weighted by Crippen LogP contribution is 2.31. The first-order chi connectivity index (χ1) is 9.09. The zero-order valence-corrected chi connectivity index (χ0v) is 13.2. The SMILES string of the molecule is CC(C)(C)c1cc(C(C)(C)C)n(-c2cccc(O)c2)n1. The normalized spacial score (nSPS) is 12.7. The van der Waals surface area contributed by atoms with Crippen molar-refractivity contribution >= 4 is 0 Å². The lowest BCUT2D eigenvalue weighted by atomic mass is 9.88. The molecule has 108 valence electrons. The number of rotatable bonds is 1. The molecule has 3 heteroatoms. The first-order valence-electron chi connectivity index (χ1n) is 6.99. The maximum Gasteiger partial charge on any atom is 0.117 e. The number of aromatic nitrogens is 2. The molecular formula is C17H24N2O. The Morgan fingerprint density at radius 1 is 0.950 bits per heavy atom. The van der Waals surface area contributed by atoms with Gasteiger partial charge in [0.2, 0.25) is 0 Å². The fourth-order valence-corrected chi connectivity index (χ4v) is 2.10. The fourth-order valence-electron chi connectivity index (χ4n) is 2.10. The van der Waals surface area contributed by atoms with Crippen LogP contribution in [-0.2, 0) is 10.8 Å². The van der Waals surface area contributed by atoms with E-state index in [1.165, 1.54) is 0 Å². The van der Waals surface area contributed by atoms with Crippen molar-refractivity contribution in [3.05, 3.63) is 41.7 Å². The smallest absolute Gasteiger partial charge is 0.117 e. The Balaban J connectivity index is 2.65. The van der Waals surface area contributed by atoms with E-state index in [-0.39, 0.29) is 16.6 Å². The van der Waals surface area contributed by atoms with Crippen LogP contribution in [0.25, 0.3) is 5.69 Å². The van der Waals surface area contributed by atoms with Crippen LogP contribution in [0.2, 0.25) is 0 Å². The molecule has 0 radical (unpaired) electrons. The zero-order chi connectivity index (χ0) is 15.1. The molecule has 0 fully saturated rings. The summed E-state index contributed by atoms with van der Waals surface area (Å²) in [6.45, 7) is 13.0. The van der Waals surface area contributed by atoms with Gasteiger partial charge in [0.25, 0.3) is 0 Å². The highest BCUT2D eigenvalue weighted by atomic mass is 16.3. The van der Waals surface area contributed by atoms with E-state index in [1.54, 1.807) is 12.1 Å². The molecule has 0 saturated carbocycles. The van der Waals surface area contributed by atoms with Crippen molar-refractivity contribution in [3.8, 4) is 11.4 Å². The molecule has 3 nitrogen and oxygen atoms in total. The summed E-state index contributed by atoms with van der Waals surface area (Å²) < 4.78 is 1.94. The number of benzene rings is 1. The van der Waals surface area contributed by atoms with Crippen molar-refractivity contribution in [2.45, 2.75) is 52.4 Å². The minimum absolute atomic E-state index is 0.00206. The summed E-state index contributed by atoms with van der Waals surface area (Å²) in [4.78, 5) is 0. The van der Waals surface area contributed by atoms with E-state index in [9.17, 15) is 5.11 Å². The third-order valence-corrected chi connectivity index (χ3v) is 3.32. The average Bonchev–Trinajstić information content (AvgIpc) is 2.72. The van der Waals surface area contributed by atoms with Crippen molar-refractivity contribution in [3.63, 3.8) is 0 Å². The Kier molecular flexibility index (Phi) is 3.41. The van der Waals surface area contributed by atoms with Crippen molar-refractivity contribution in [2.24, 2.45) is 0 Å². The second kappa shape index (κ2) is 4.65. The molecule has 2 aromatic rings. The Hall–Kier alpha value is -1.77. The van der Waals surface area contributed by atoms with E-state index in [0.717, 1.165) is 17.1 Å². The van der Waals surface area contributed by atoms with Gasteiger partial charge in [-0.15, -0.1) is 0 Å². The van der Waals surface area contributed by atoms with Crippen LogP contribution in [0.15, 0.2) is 30.3 Å². The molecule has 0 amide bonds. The van der Waals surface area contributed by atoms with Gasteiger partial charge in [0.15, 0.2) is 0 Å². The molecule has 0 unspecified atom stereocenters. The largest absolute Gasteiger partial charge is 0.508 e. The predicted octanol–water partition coefficient (Wildman–Crippen LogP) is 4.17. The van der Waals surface area contributed by atoms with Gasteiger partial charge < -0.3 is 5.11 Å². The van der Waals surface area contributed by atoms with Crippen LogP contribution in [0.1, 0.15) is 52.9 Å². The van der Waals surface area contributed by atoms with Crippen LogP contribution in [0, 0.1) is 0 Å². The second-order valence-electron chi connectivity index (χ2n) is 7.35. The van der Waals surface area contributed by atoms with Gasteiger partial charge in [-0.2, -0.15) is 5.10 Å². The summed E-state index contributed by atoms with van der Waals surface area (Å²) in [6, 6.07) is 9.40. The molecular weight excluding hydrogens is 248 g/mol. The molecule has 0 saturated heterocycles. The molecule has 20 heavy (non-hydrogen) atoms. The van der Waals surface area contributed by atoms with Crippen LogP contribution in [0.3, 0.4) is 0 Å². The molecule has 0 aliphatic rings. The molecule has 2 rings (SSSR count). The lowest BCUT2D eigenvalue weighted by Crippen LogP contribution is -2.17. The Morgan fingerprint density at radius 2 is 1.60 bits per heavy atom. The van der Waals surface area contributed by atoms with Crippen LogP contribution < -0.4 is 0 Å². The summed E-state index contributed by atoms with van der Waals surface area (Å²) in [5, 5.41) is 14.5. The van der Waals surface area contributed by atoms with Crippen molar-refractivity contribution in [1.82, 2.24) is 9.78 Å². The van der Waals surface area contributed by atoms with Gasteiger partial charge in [-0.3, -0.25) is 0 Å². The summed E-state index contributed by atoms with van der Waals surface area (Å²) in [5.74, 6) is 0.259. The second-order valence-corrected chi connectivity index (χ2v) is 7.35. The zero-order valence-electron chi connectivity index (χ0n) is 13.2. The van der Waals surface area contributed by atoms with Crippen molar-refractivity contribution in [2.75, 3.05) is 0 Å². The molecule has 0 aliphatic carbocycles. The molecule has 0 atom stereocenters. The van der Waals surface area contributed by atoms with Crippen LogP contribution in [0.4, 0.5) is 0 Å². The van der Waals surface area contributed by atoms with Crippen LogP contribution in [0.5, 0.6) is 5.75 Å². The standard InChI is InChI=1S/C17H24N2O/c1-16(2,3)14-11-15(17(4,5)6)19(18-14)12-8-7-9-13(20)10-12/h7-11,20H,1-6H3. The number of nitrogens with zero attached hydrogens (tertiary/aromatic N) is 2. The highest BCUT2D eigenvalue weighted by Gasteiger charge is 2.26. The fraction of sp³-hybridized carbons (Fsp3) is 0.471. The van der Waals surface area contributed by atoms with Crippen LogP contribution in [-0.4, -0.2) is 14.9 Å². The van der Waals surface area contributed by atoms with E-state index in [4.69, 9.17) is 5.10 Å². The Bertz CT molecular complexity index is 613.